The van der Waals surface area contributed by atoms with Crippen molar-refractivity contribution in [3.63, 3.8) is 0 Å². The Morgan fingerprint density at radius 2 is 1.74 bits per heavy atom. The molecule has 3 heteroatoms. The standard InChI is InChI=1S/C16H24O3.2H2/c1-2-13-14(19-13)6-11(1)15-17-8-16(9-18-15)4-3-10-5-12(10)7-16;;/h10-15H,1-9H2;2*1H. The lowest BCUT2D eigenvalue weighted by molar-refractivity contribution is -0.258. The molecule has 0 aromatic carbocycles. The Morgan fingerprint density at radius 3 is 2.53 bits per heavy atom. The molecule has 5 aliphatic rings. The van der Waals surface area contributed by atoms with Gasteiger partial charge in [0.05, 0.1) is 25.4 Å². The van der Waals surface area contributed by atoms with Crippen LogP contribution in [0.2, 0.25) is 0 Å². The minimum absolute atomic E-state index is 0. The molecule has 2 heterocycles. The van der Waals surface area contributed by atoms with E-state index in [2.05, 4.69) is 0 Å². The molecule has 0 aromatic heterocycles. The Hall–Kier alpha value is -0.120. The van der Waals surface area contributed by atoms with Crippen LogP contribution in [0.4, 0.5) is 0 Å². The van der Waals surface area contributed by atoms with Crippen LogP contribution in [-0.2, 0) is 14.2 Å². The molecule has 0 amide bonds. The summed E-state index contributed by atoms with van der Waals surface area (Å²) in [5.74, 6) is 2.65. The van der Waals surface area contributed by atoms with Crippen molar-refractivity contribution in [1.82, 2.24) is 0 Å². The van der Waals surface area contributed by atoms with E-state index in [1.165, 1.54) is 38.5 Å². The third kappa shape index (κ3) is 1.97. The maximum absolute atomic E-state index is 6.17. The quantitative estimate of drug-likeness (QED) is 0.684. The third-order valence-corrected chi connectivity index (χ3v) is 6.35. The van der Waals surface area contributed by atoms with Gasteiger partial charge in [-0.15, -0.1) is 0 Å². The van der Waals surface area contributed by atoms with Crippen molar-refractivity contribution < 1.29 is 17.1 Å². The van der Waals surface area contributed by atoms with Crippen LogP contribution < -0.4 is 0 Å². The van der Waals surface area contributed by atoms with Crippen LogP contribution >= 0.6 is 0 Å². The van der Waals surface area contributed by atoms with Gasteiger partial charge in [-0.3, -0.25) is 0 Å². The fourth-order valence-electron chi connectivity index (χ4n) is 4.89. The fourth-order valence-corrected chi connectivity index (χ4v) is 4.89. The SMILES string of the molecule is C1CC2(COC(C3CCC4OC4C3)OC2)CC2CC12.[HH].[HH]. The van der Waals surface area contributed by atoms with E-state index in [1.54, 1.807) is 0 Å². The van der Waals surface area contributed by atoms with Gasteiger partial charge in [-0.2, -0.15) is 0 Å². The molecular weight excluding hydrogens is 240 g/mol. The van der Waals surface area contributed by atoms with Crippen LogP contribution in [0.25, 0.3) is 0 Å². The van der Waals surface area contributed by atoms with E-state index in [4.69, 9.17) is 14.2 Å². The summed E-state index contributed by atoms with van der Waals surface area (Å²) in [6.45, 7) is 1.90. The van der Waals surface area contributed by atoms with Gasteiger partial charge in [0, 0.05) is 14.2 Å². The average molecular weight is 268 g/mol. The van der Waals surface area contributed by atoms with Crippen molar-refractivity contribution in [2.75, 3.05) is 13.2 Å². The second-order valence-electron chi connectivity index (χ2n) is 7.78. The molecule has 5 unspecified atom stereocenters. The lowest BCUT2D eigenvalue weighted by Gasteiger charge is -2.44. The van der Waals surface area contributed by atoms with E-state index >= 15 is 0 Å². The monoisotopic (exact) mass is 268 g/mol. The lowest BCUT2D eigenvalue weighted by Crippen LogP contribution is -2.46. The molecule has 5 atom stereocenters. The van der Waals surface area contributed by atoms with Crippen LogP contribution in [0.3, 0.4) is 0 Å². The molecule has 0 bridgehead atoms. The van der Waals surface area contributed by atoms with Crippen LogP contribution in [0, 0.1) is 23.2 Å². The van der Waals surface area contributed by atoms with Crippen molar-refractivity contribution in [3.8, 4) is 0 Å². The molecule has 0 N–H and O–H groups in total. The molecule has 5 fully saturated rings. The van der Waals surface area contributed by atoms with E-state index in [-0.39, 0.29) is 9.14 Å². The first-order chi connectivity index (χ1) is 9.31. The number of hydrogen-bond acceptors (Lipinski definition) is 3. The summed E-state index contributed by atoms with van der Waals surface area (Å²) in [5, 5.41) is 0. The zero-order valence-electron chi connectivity index (χ0n) is 11.6. The lowest BCUT2D eigenvalue weighted by atomic mass is 9.74. The molecular formula is C16H28O3. The molecule has 2 saturated heterocycles. The molecule has 3 nitrogen and oxygen atoms in total. The first-order valence-electron chi connectivity index (χ1n) is 8.20. The molecule has 0 aromatic rings. The van der Waals surface area contributed by atoms with Crippen molar-refractivity contribution >= 4 is 0 Å². The molecule has 0 radical (unpaired) electrons. The number of epoxide rings is 1. The Bertz CT molecular complexity index is 384. The van der Waals surface area contributed by atoms with Crippen molar-refractivity contribution in [3.05, 3.63) is 0 Å². The number of hydrogen-bond donors (Lipinski definition) is 0. The molecule has 5 rings (SSSR count). The van der Waals surface area contributed by atoms with E-state index in [0.29, 0.717) is 23.5 Å². The highest BCUT2D eigenvalue weighted by Crippen LogP contribution is 2.57. The highest BCUT2D eigenvalue weighted by atomic mass is 16.7. The van der Waals surface area contributed by atoms with E-state index in [9.17, 15) is 0 Å². The van der Waals surface area contributed by atoms with Gasteiger partial charge in [-0.1, -0.05) is 0 Å². The minimum atomic E-state index is 0. The van der Waals surface area contributed by atoms with E-state index in [0.717, 1.165) is 31.5 Å². The Labute approximate surface area is 117 Å². The minimum Gasteiger partial charge on any atom is -0.370 e. The highest BCUT2D eigenvalue weighted by Gasteiger charge is 2.52. The summed E-state index contributed by atoms with van der Waals surface area (Å²) in [6, 6.07) is 0. The van der Waals surface area contributed by atoms with Crippen molar-refractivity contribution in [2.24, 2.45) is 23.2 Å². The molecule has 3 aliphatic carbocycles. The van der Waals surface area contributed by atoms with Gasteiger partial charge >= 0.3 is 0 Å². The van der Waals surface area contributed by atoms with Crippen LogP contribution in [0.1, 0.15) is 47.8 Å². The number of ether oxygens (including phenoxy) is 3. The van der Waals surface area contributed by atoms with Gasteiger partial charge in [-0.05, 0) is 56.8 Å². The zero-order valence-corrected chi connectivity index (χ0v) is 11.6. The van der Waals surface area contributed by atoms with Gasteiger partial charge in [0.25, 0.3) is 0 Å². The second kappa shape index (κ2) is 3.96. The largest absolute Gasteiger partial charge is 0.370 e. The average Bonchev–Trinajstić information content (AvgIpc) is 3.33. The summed E-state index contributed by atoms with van der Waals surface area (Å²) in [5.41, 5.74) is 0.376. The predicted molar refractivity (Wildman–Crippen MR) is 73.8 cm³/mol. The summed E-state index contributed by atoms with van der Waals surface area (Å²) in [6.07, 6.45) is 10.4. The first kappa shape index (κ1) is 11.5. The number of rotatable bonds is 1. The summed E-state index contributed by atoms with van der Waals surface area (Å²) in [7, 11) is 0. The van der Waals surface area contributed by atoms with Crippen molar-refractivity contribution in [2.45, 2.75) is 63.4 Å². The molecule has 3 saturated carbocycles. The van der Waals surface area contributed by atoms with Gasteiger partial charge in [-0.25, -0.2) is 0 Å². The summed E-state index contributed by atoms with van der Waals surface area (Å²) >= 11 is 0. The van der Waals surface area contributed by atoms with Gasteiger partial charge in [0.2, 0.25) is 0 Å². The van der Waals surface area contributed by atoms with E-state index < -0.39 is 0 Å². The van der Waals surface area contributed by atoms with Crippen molar-refractivity contribution in [1.29, 1.82) is 0 Å². The highest BCUT2D eigenvalue weighted by molar-refractivity contribution is 5.00. The molecule has 110 valence electrons. The van der Waals surface area contributed by atoms with Crippen LogP contribution in [0.15, 0.2) is 0 Å². The maximum Gasteiger partial charge on any atom is 0.160 e. The fraction of sp³-hybridized carbons (Fsp3) is 1.00. The van der Waals surface area contributed by atoms with Crippen LogP contribution in [0.5, 0.6) is 0 Å². The topological polar surface area (TPSA) is 31.0 Å². The summed E-state index contributed by atoms with van der Waals surface area (Å²) in [4.78, 5) is 0. The normalized spacial score (nSPS) is 59.4. The Kier molecular flexibility index (Phi) is 2.40. The smallest absolute Gasteiger partial charge is 0.160 e. The maximum atomic E-state index is 6.17. The predicted octanol–water partition coefficient (Wildman–Crippen LogP) is 3.23. The van der Waals surface area contributed by atoms with Crippen LogP contribution in [-0.4, -0.2) is 31.7 Å². The Morgan fingerprint density at radius 1 is 0.842 bits per heavy atom. The number of fused-ring (bicyclic) bond motifs is 2. The zero-order chi connectivity index (χ0) is 12.4. The Balaban J connectivity index is 0.000000661. The van der Waals surface area contributed by atoms with Gasteiger partial charge in [0.15, 0.2) is 6.29 Å². The van der Waals surface area contributed by atoms with Gasteiger partial charge < -0.3 is 14.2 Å². The third-order valence-electron chi connectivity index (χ3n) is 6.35. The summed E-state index contributed by atoms with van der Waals surface area (Å²) < 4.78 is 18.0. The van der Waals surface area contributed by atoms with Gasteiger partial charge in [0.1, 0.15) is 0 Å². The molecule has 19 heavy (non-hydrogen) atoms. The molecule has 2 aliphatic heterocycles. The molecule has 1 spiro atoms. The first-order valence-corrected chi connectivity index (χ1v) is 8.20. The second-order valence-corrected chi connectivity index (χ2v) is 7.78. The van der Waals surface area contributed by atoms with E-state index in [1.807, 2.05) is 0 Å².